The van der Waals surface area contributed by atoms with E-state index in [9.17, 15) is 13.2 Å². The van der Waals surface area contributed by atoms with E-state index in [1.54, 1.807) is 30.6 Å². The van der Waals surface area contributed by atoms with Crippen LogP contribution >= 0.6 is 0 Å². The topological polar surface area (TPSA) is 104 Å². The standard InChI is InChI=1S/C12H14N4O3S/c17-12(13-6-10-7-14-15-8-10)9-16-20(18,19)11-4-2-1-3-5-11/h1-5,7-8,16H,6,9H2,(H,13,17)(H,14,15). The summed E-state index contributed by atoms with van der Waals surface area (Å²) in [4.78, 5) is 11.7. The van der Waals surface area contributed by atoms with Crippen molar-refractivity contribution in [1.82, 2.24) is 20.2 Å². The molecule has 0 fully saturated rings. The average Bonchev–Trinajstić information content (AvgIpc) is 2.97. The molecule has 1 amide bonds. The Bertz CT molecular complexity index is 653. The third-order valence-corrected chi connectivity index (χ3v) is 3.94. The maximum Gasteiger partial charge on any atom is 0.241 e. The van der Waals surface area contributed by atoms with Crippen LogP contribution in [0.5, 0.6) is 0 Å². The van der Waals surface area contributed by atoms with E-state index < -0.39 is 15.9 Å². The summed E-state index contributed by atoms with van der Waals surface area (Å²) in [6.45, 7) is -0.0164. The number of aromatic amines is 1. The fourth-order valence-electron chi connectivity index (χ4n) is 1.48. The van der Waals surface area contributed by atoms with Gasteiger partial charge in [-0.2, -0.15) is 5.10 Å². The first kappa shape index (κ1) is 14.2. The van der Waals surface area contributed by atoms with Crippen LogP contribution in [-0.4, -0.2) is 31.1 Å². The summed E-state index contributed by atoms with van der Waals surface area (Å²) in [6, 6.07) is 7.88. The van der Waals surface area contributed by atoms with Gasteiger partial charge >= 0.3 is 0 Å². The van der Waals surface area contributed by atoms with E-state index in [0.717, 1.165) is 5.56 Å². The lowest BCUT2D eigenvalue weighted by Gasteiger charge is -2.07. The number of benzene rings is 1. The largest absolute Gasteiger partial charge is 0.351 e. The lowest BCUT2D eigenvalue weighted by molar-refractivity contribution is -0.120. The third kappa shape index (κ3) is 3.90. The Labute approximate surface area is 116 Å². The minimum absolute atomic E-state index is 0.127. The third-order valence-electron chi connectivity index (χ3n) is 2.52. The molecule has 2 aromatic rings. The highest BCUT2D eigenvalue weighted by Gasteiger charge is 2.14. The second kappa shape index (κ2) is 6.31. The number of sulfonamides is 1. The molecule has 3 N–H and O–H groups in total. The molecule has 0 unspecified atom stereocenters. The van der Waals surface area contributed by atoms with E-state index >= 15 is 0 Å². The molecule has 0 radical (unpaired) electrons. The molecule has 0 spiro atoms. The normalized spacial score (nSPS) is 11.2. The number of aromatic nitrogens is 2. The molecule has 0 aliphatic rings. The van der Waals surface area contributed by atoms with E-state index in [2.05, 4.69) is 20.2 Å². The van der Waals surface area contributed by atoms with Crippen molar-refractivity contribution in [2.45, 2.75) is 11.4 Å². The summed E-state index contributed by atoms with van der Waals surface area (Å²) in [5.74, 6) is -0.411. The first-order chi connectivity index (χ1) is 9.58. The molecule has 0 saturated carbocycles. The molecular formula is C12H14N4O3S. The molecule has 8 heteroatoms. The monoisotopic (exact) mass is 294 g/mol. The number of nitrogens with zero attached hydrogens (tertiary/aromatic N) is 1. The fourth-order valence-corrected chi connectivity index (χ4v) is 2.48. The van der Waals surface area contributed by atoms with Gasteiger partial charge in [-0.05, 0) is 12.1 Å². The Morgan fingerprint density at radius 3 is 2.65 bits per heavy atom. The smallest absolute Gasteiger partial charge is 0.241 e. The van der Waals surface area contributed by atoms with Crippen LogP contribution in [0.2, 0.25) is 0 Å². The van der Waals surface area contributed by atoms with Gasteiger partial charge in [-0.1, -0.05) is 18.2 Å². The second-order valence-corrected chi connectivity index (χ2v) is 5.79. The number of hydrogen-bond donors (Lipinski definition) is 3. The van der Waals surface area contributed by atoms with Gasteiger partial charge in [0.15, 0.2) is 0 Å². The van der Waals surface area contributed by atoms with E-state index in [-0.39, 0.29) is 11.4 Å². The maximum absolute atomic E-state index is 11.9. The Morgan fingerprint density at radius 1 is 1.25 bits per heavy atom. The Hall–Kier alpha value is -2.19. The molecule has 0 atom stereocenters. The predicted molar refractivity (Wildman–Crippen MR) is 72.1 cm³/mol. The lowest BCUT2D eigenvalue weighted by Crippen LogP contribution is -2.36. The van der Waals surface area contributed by atoms with Crippen LogP contribution in [0.3, 0.4) is 0 Å². The summed E-state index contributed by atoms with van der Waals surface area (Å²) in [5.41, 5.74) is 0.810. The van der Waals surface area contributed by atoms with Gasteiger partial charge < -0.3 is 5.32 Å². The summed E-state index contributed by atoms with van der Waals surface area (Å²) in [7, 11) is -3.66. The Morgan fingerprint density at radius 2 is 2.00 bits per heavy atom. The number of rotatable bonds is 6. The van der Waals surface area contributed by atoms with Gasteiger partial charge in [0.1, 0.15) is 0 Å². The van der Waals surface area contributed by atoms with E-state index in [0.29, 0.717) is 6.54 Å². The number of H-pyrrole nitrogens is 1. The van der Waals surface area contributed by atoms with E-state index in [1.807, 2.05) is 0 Å². The molecule has 1 aromatic heterocycles. The highest BCUT2D eigenvalue weighted by Crippen LogP contribution is 2.06. The molecule has 20 heavy (non-hydrogen) atoms. The van der Waals surface area contributed by atoms with Crippen molar-refractivity contribution in [1.29, 1.82) is 0 Å². The highest BCUT2D eigenvalue weighted by atomic mass is 32.2. The van der Waals surface area contributed by atoms with Crippen LogP contribution in [-0.2, 0) is 21.4 Å². The molecule has 1 aromatic carbocycles. The maximum atomic E-state index is 11.9. The molecule has 0 saturated heterocycles. The molecule has 0 aliphatic carbocycles. The number of carbonyl (C=O) groups is 1. The van der Waals surface area contributed by atoms with Crippen LogP contribution in [0.4, 0.5) is 0 Å². The van der Waals surface area contributed by atoms with Crippen LogP contribution in [0.25, 0.3) is 0 Å². The van der Waals surface area contributed by atoms with Crippen molar-refractivity contribution in [3.8, 4) is 0 Å². The lowest BCUT2D eigenvalue weighted by atomic mass is 10.3. The summed E-state index contributed by atoms with van der Waals surface area (Å²) in [5, 5.41) is 8.94. The minimum atomic E-state index is -3.66. The van der Waals surface area contributed by atoms with Crippen molar-refractivity contribution in [3.63, 3.8) is 0 Å². The van der Waals surface area contributed by atoms with Gasteiger partial charge in [-0.15, -0.1) is 0 Å². The van der Waals surface area contributed by atoms with Gasteiger partial charge in [-0.3, -0.25) is 9.89 Å². The van der Waals surface area contributed by atoms with Gasteiger partial charge in [-0.25, -0.2) is 13.1 Å². The van der Waals surface area contributed by atoms with Crippen LogP contribution in [0.15, 0.2) is 47.6 Å². The zero-order valence-corrected chi connectivity index (χ0v) is 11.4. The molecule has 0 bridgehead atoms. The fraction of sp³-hybridized carbons (Fsp3) is 0.167. The van der Waals surface area contributed by atoms with Crippen LogP contribution in [0, 0.1) is 0 Å². The van der Waals surface area contributed by atoms with E-state index in [1.165, 1.54) is 12.1 Å². The molecule has 106 valence electrons. The molecule has 1 heterocycles. The SMILES string of the molecule is O=C(CNS(=O)(=O)c1ccccc1)NCc1cn[nH]c1. The van der Waals surface area contributed by atoms with Gasteiger partial charge in [0.2, 0.25) is 15.9 Å². The van der Waals surface area contributed by atoms with Crippen molar-refractivity contribution in [2.75, 3.05) is 6.54 Å². The molecule has 0 aliphatic heterocycles. The van der Waals surface area contributed by atoms with Crippen molar-refractivity contribution in [2.24, 2.45) is 0 Å². The first-order valence-electron chi connectivity index (χ1n) is 5.87. The summed E-state index contributed by atoms with van der Waals surface area (Å²) >= 11 is 0. The highest BCUT2D eigenvalue weighted by molar-refractivity contribution is 7.89. The van der Waals surface area contributed by atoms with E-state index in [4.69, 9.17) is 0 Å². The Kier molecular flexibility index (Phi) is 4.49. The van der Waals surface area contributed by atoms with Crippen LogP contribution in [0.1, 0.15) is 5.56 Å². The zero-order chi connectivity index (χ0) is 14.4. The second-order valence-electron chi connectivity index (χ2n) is 4.02. The van der Waals surface area contributed by atoms with Crippen molar-refractivity contribution < 1.29 is 13.2 Å². The number of amides is 1. The van der Waals surface area contributed by atoms with Crippen LogP contribution < -0.4 is 10.0 Å². The Balaban J connectivity index is 1.84. The minimum Gasteiger partial charge on any atom is -0.351 e. The summed E-state index contributed by atoms with van der Waals surface area (Å²) in [6.07, 6.45) is 3.23. The molecular weight excluding hydrogens is 280 g/mol. The first-order valence-corrected chi connectivity index (χ1v) is 7.35. The number of hydrogen-bond acceptors (Lipinski definition) is 4. The van der Waals surface area contributed by atoms with Crippen molar-refractivity contribution in [3.05, 3.63) is 48.3 Å². The number of carbonyl (C=O) groups excluding carboxylic acids is 1. The number of nitrogens with one attached hydrogen (secondary N) is 3. The van der Waals surface area contributed by atoms with Gasteiger partial charge in [0, 0.05) is 18.3 Å². The van der Waals surface area contributed by atoms with Gasteiger partial charge in [0.25, 0.3) is 0 Å². The van der Waals surface area contributed by atoms with Gasteiger partial charge in [0.05, 0.1) is 17.6 Å². The quantitative estimate of drug-likeness (QED) is 0.697. The zero-order valence-electron chi connectivity index (χ0n) is 10.5. The predicted octanol–water partition coefficient (Wildman–Crippen LogP) is 0.00440. The summed E-state index contributed by atoms with van der Waals surface area (Å²) < 4.78 is 26.0. The average molecular weight is 294 g/mol. The molecule has 2 rings (SSSR count). The molecule has 7 nitrogen and oxygen atoms in total. The van der Waals surface area contributed by atoms with Crippen molar-refractivity contribution >= 4 is 15.9 Å².